The van der Waals surface area contributed by atoms with E-state index in [2.05, 4.69) is 12.2 Å². The van der Waals surface area contributed by atoms with Crippen molar-refractivity contribution in [2.45, 2.75) is 52.3 Å². The number of amides is 1. The maximum atomic E-state index is 11.8. The first kappa shape index (κ1) is 15.6. The van der Waals surface area contributed by atoms with Gasteiger partial charge >= 0.3 is 6.09 Å². The molecule has 0 aromatic rings. The maximum Gasteiger partial charge on any atom is 0.410 e. The molecule has 0 saturated carbocycles. The molecule has 1 N–H and O–H groups in total. The van der Waals surface area contributed by atoms with Crippen LogP contribution in [0.5, 0.6) is 0 Å². The fourth-order valence-electron chi connectivity index (χ4n) is 1.60. The standard InChI is InChI=1S/C11H22N2O2.H2S/c1-8-7-13(9(2)6-12-8)10(14)15-11(3,4)5;/h8-9,12H,6-7H2,1-5H3;1H2/t8-,9+;/m0./s1. The zero-order valence-corrected chi connectivity index (χ0v) is 11.8. The van der Waals surface area contributed by atoms with E-state index in [0.717, 1.165) is 13.1 Å². The summed E-state index contributed by atoms with van der Waals surface area (Å²) >= 11 is 0. The molecule has 1 aliphatic heterocycles. The van der Waals surface area contributed by atoms with Crippen LogP contribution >= 0.6 is 13.5 Å². The number of carbonyl (C=O) groups excluding carboxylic acids is 1. The van der Waals surface area contributed by atoms with Crippen molar-refractivity contribution in [3.05, 3.63) is 0 Å². The largest absolute Gasteiger partial charge is 0.444 e. The number of hydrogen-bond donors (Lipinski definition) is 1. The highest BCUT2D eigenvalue weighted by atomic mass is 32.1. The monoisotopic (exact) mass is 248 g/mol. The van der Waals surface area contributed by atoms with E-state index in [0.29, 0.717) is 6.04 Å². The SMILES string of the molecule is C[C@@H]1CN[C@@H](C)CN1C(=O)OC(C)(C)C.S. The number of hydrogen-bond acceptors (Lipinski definition) is 3. The molecule has 1 aliphatic rings. The van der Waals surface area contributed by atoms with E-state index in [1.807, 2.05) is 27.7 Å². The summed E-state index contributed by atoms with van der Waals surface area (Å²) in [6.45, 7) is 11.3. The van der Waals surface area contributed by atoms with E-state index in [9.17, 15) is 4.79 Å². The topological polar surface area (TPSA) is 41.6 Å². The molecule has 1 heterocycles. The van der Waals surface area contributed by atoms with Crippen molar-refractivity contribution in [3.63, 3.8) is 0 Å². The predicted octanol–water partition coefficient (Wildman–Crippen LogP) is 1.72. The highest BCUT2D eigenvalue weighted by Gasteiger charge is 2.29. The molecule has 1 fully saturated rings. The fraction of sp³-hybridized carbons (Fsp3) is 0.909. The van der Waals surface area contributed by atoms with Crippen LogP contribution in [0.1, 0.15) is 34.6 Å². The molecule has 0 unspecified atom stereocenters. The number of rotatable bonds is 0. The summed E-state index contributed by atoms with van der Waals surface area (Å²) in [6.07, 6.45) is -0.205. The highest BCUT2D eigenvalue weighted by molar-refractivity contribution is 7.59. The van der Waals surface area contributed by atoms with E-state index >= 15 is 0 Å². The minimum atomic E-state index is -0.412. The third-order valence-corrected chi connectivity index (χ3v) is 2.39. The van der Waals surface area contributed by atoms with Gasteiger partial charge in [-0.15, -0.1) is 0 Å². The summed E-state index contributed by atoms with van der Waals surface area (Å²) in [4.78, 5) is 13.6. The van der Waals surface area contributed by atoms with Gasteiger partial charge in [0.15, 0.2) is 0 Å². The van der Waals surface area contributed by atoms with Gasteiger partial charge in [-0.05, 0) is 34.6 Å². The molecule has 1 amide bonds. The zero-order valence-electron chi connectivity index (χ0n) is 10.8. The summed E-state index contributed by atoms with van der Waals surface area (Å²) in [5.41, 5.74) is -0.412. The second-order valence-electron chi connectivity index (χ2n) is 5.29. The molecule has 2 atom stereocenters. The Kier molecular flexibility index (Phi) is 5.62. The van der Waals surface area contributed by atoms with E-state index in [1.165, 1.54) is 0 Å². The first-order valence-electron chi connectivity index (χ1n) is 5.52. The van der Waals surface area contributed by atoms with Crippen LogP contribution in [0.4, 0.5) is 4.79 Å². The van der Waals surface area contributed by atoms with Crippen molar-refractivity contribution in [1.29, 1.82) is 0 Å². The van der Waals surface area contributed by atoms with Crippen LogP contribution in [0.25, 0.3) is 0 Å². The first-order chi connectivity index (χ1) is 6.79. The minimum Gasteiger partial charge on any atom is -0.444 e. The molecule has 16 heavy (non-hydrogen) atoms. The summed E-state index contributed by atoms with van der Waals surface area (Å²) < 4.78 is 5.36. The van der Waals surface area contributed by atoms with Gasteiger partial charge in [0.25, 0.3) is 0 Å². The van der Waals surface area contributed by atoms with Gasteiger partial charge in [-0.2, -0.15) is 13.5 Å². The van der Waals surface area contributed by atoms with E-state index in [1.54, 1.807) is 4.90 Å². The molecule has 5 heteroatoms. The van der Waals surface area contributed by atoms with Crippen molar-refractivity contribution in [2.75, 3.05) is 13.1 Å². The smallest absolute Gasteiger partial charge is 0.410 e. The number of carbonyl (C=O) groups is 1. The number of piperazine rings is 1. The lowest BCUT2D eigenvalue weighted by Crippen LogP contribution is -2.57. The Bertz CT molecular complexity index is 241. The Balaban J connectivity index is 0.00000225. The molecule has 0 aromatic carbocycles. The third kappa shape index (κ3) is 4.61. The molecular weight excluding hydrogens is 224 g/mol. The normalized spacial score (nSPS) is 25.9. The minimum absolute atomic E-state index is 0. The van der Waals surface area contributed by atoms with Gasteiger partial charge in [0, 0.05) is 25.2 Å². The zero-order chi connectivity index (χ0) is 11.6. The summed E-state index contributed by atoms with van der Waals surface area (Å²) in [5.74, 6) is 0. The molecule has 0 spiro atoms. The van der Waals surface area contributed by atoms with Crippen LogP contribution in [-0.4, -0.2) is 41.8 Å². The van der Waals surface area contributed by atoms with Crippen molar-refractivity contribution >= 4 is 19.6 Å². The van der Waals surface area contributed by atoms with Crippen LogP contribution in [0.2, 0.25) is 0 Å². The lowest BCUT2D eigenvalue weighted by atomic mass is 10.1. The lowest BCUT2D eigenvalue weighted by Gasteiger charge is -2.38. The second-order valence-corrected chi connectivity index (χ2v) is 5.29. The lowest BCUT2D eigenvalue weighted by molar-refractivity contribution is 0.0104. The fourth-order valence-corrected chi connectivity index (χ4v) is 1.60. The van der Waals surface area contributed by atoms with Crippen LogP contribution in [0, 0.1) is 0 Å². The van der Waals surface area contributed by atoms with Gasteiger partial charge in [-0.1, -0.05) is 0 Å². The molecule has 0 radical (unpaired) electrons. The predicted molar refractivity (Wildman–Crippen MR) is 70.2 cm³/mol. The Morgan fingerprint density at radius 3 is 2.44 bits per heavy atom. The Labute approximate surface area is 105 Å². The summed E-state index contributed by atoms with van der Waals surface area (Å²) in [6, 6.07) is 0.546. The van der Waals surface area contributed by atoms with E-state index in [4.69, 9.17) is 4.74 Å². The van der Waals surface area contributed by atoms with Crippen molar-refractivity contribution < 1.29 is 9.53 Å². The molecule has 0 bridgehead atoms. The third-order valence-electron chi connectivity index (χ3n) is 2.39. The Morgan fingerprint density at radius 1 is 1.38 bits per heavy atom. The maximum absolute atomic E-state index is 11.8. The van der Waals surface area contributed by atoms with Crippen LogP contribution in [-0.2, 0) is 4.74 Å². The molecule has 96 valence electrons. The highest BCUT2D eigenvalue weighted by Crippen LogP contribution is 2.14. The van der Waals surface area contributed by atoms with Crippen molar-refractivity contribution in [2.24, 2.45) is 0 Å². The van der Waals surface area contributed by atoms with Gasteiger partial charge in [0.2, 0.25) is 0 Å². The van der Waals surface area contributed by atoms with Crippen molar-refractivity contribution in [1.82, 2.24) is 10.2 Å². The van der Waals surface area contributed by atoms with Crippen LogP contribution in [0.15, 0.2) is 0 Å². The van der Waals surface area contributed by atoms with Crippen molar-refractivity contribution in [3.8, 4) is 0 Å². The van der Waals surface area contributed by atoms with E-state index < -0.39 is 5.60 Å². The number of nitrogens with one attached hydrogen (secondary N) is 1. The Hall–Kier alpha value is -0.420. The number of ether oxygens (including phenoxy) is 1. The van der Waals surface area contributed by atoms with Gasteiger partial charge < -0.3 is 15.0 Å². The summed E-state index contributed by atoms with van der Waals surface area (Å²) in [7, 11) is 0. The summed E-state index contributed by atoms with van der Waals surface area (Å²) in [5, 5.41) is 3.33. The molecule has 4 nitrogen and oxygen atoms in total. The van der Waals surface area contributed by atoms with Gasteiger partial charge in [-0.3, -0.25) is 0 Å². The van der Waals surface area contributed by atoms with Gasteiger partial charge in [0.05, 0.1) is 0 Å². The van der Waals surface area contributed by atoms with E-state index in [-0.39, 0.29) is 25.6 Å². The van der Waals surface area contributed by atoms with Gasteiger partial charge in [0.1, 0.15) is 5.60 Å². The van der Waals surface area contributed by atoms with Crippen LogP contribution < -0.4 is 5.32 Å². The number of nitrogens with zero attached hydrogens (tertiary/aromatic N) is 1. The molecule has 1 rings (SSSR count). The molecule has 1 saturated heterocycles. The molecular formula is C11H24N2O2S. The van der Waals surface area contributed by atoms with Gasteiger partial charge in [-0.25, -0.2) is 4.79 Å². The quantitative estimate of drug-likeness (QED) is 0.709. The Morgan fingerprint density at radius 2 is 1.94 bits per heavy atom. The van der Waals surface area contributed by atoms with Crippen LogP contribution in [0.3, 0.4) is 0 Å². The average Bonchev–Trinajstić information content (AvgIpc) is 2.06. The second kappa shape index (κ2) is 5.77. The molecule has 0 aromatic heterocycles. The molecule has 0 aliphatic carbocycles. The average molecular weight is 248 g/mol. The first-order valence-corrected chi connectivity index (χ1v) is 5.52.